The fourth-order valence-electron chi connectivity index (χ4n) is 1.62. The molecule has 0 radical (unpaired) electrons. The highest BCUT2D eigenvalue weighted by Crippen LogP contribution is 2.38. The molecule has 6 nitrogen and oxygen atoms in total. The van der Waals surface area contributed by atoms with E-state index in [-0.39, 0.29) is 6.61 Å². The smallest absolute Gasteiger partial charge is 0.330 e. The number of hydrogen-bond donors (Lipinski definition) is 0. The van der Waals surface area contributed by atoms with Crippen molar-refractivity contribution in [3.8, 4) is 23.3 Å². The zero-order chi connectivity index (χ0) is 15.7. The van der Waals surface area contributed by atoms with Crippen LogP contribution in [0, 0.1) is 11.3 Å². The lowest BCUT2D eigenvalue weighted by Crippen LogP contribution is -2.00. The third-order valence-electron chi connectivity index (χ3n) is 2.46. The van der Waals surface area contributed by atoms with Crippen LogP contribution in [0.25, 0.3) is 6.08 Å². The van der Waals surface area contributed by atoms with Crippen molar-refractivity contribution in [1.29, 1.82) is 5.26 Å². The molecule has 1 aromatic rings. The van der Waals surface area contributed by atoms with Gasteiger partial charge < -0.3 is 18.9 Å². The van der Waals surface area contributed by atoms with E-state index in [1.165, 1.54) is 20.3 Å². The first-order valence-electron chi connectivity index (χ1n) is 6.26. The van der Waals surface area contributed by atoms with Gasteiger partial charge in [0.15, 0.2) is 18.1 Å². The maximum Gasteiger partial charge on any atom is 0.330 e. The maximum atomic E-state index is 11.3. The lowest BCUT2D eigenvalue weighted by atomic mass is 10.1. The molecule has 0 heterocycles. The topological polar surface area (TPSA) is 77.8 Å². The first kappa shape index (κ1) is 16.4. The second kappa shape index (κ2) is 8.48. The van der Waals surface area contributed by atoms with Gasteiger partial charge in [-0.15, -0.1) is 0 Å². The van der Waals surface area contributed by atoms with Gasteiger partial charge in [-0.2, -0.15) is 5.26 Å². The van der Waals surface area contributed by atoms with Gasteiger partial charge in [-0.25, -0.2) is 4.79 Å². The zero-order valence-electron chi connectivity index (χ0n) is 12.2. The second-order valence-electron chi connectivity index (χ2n) is 3.79. The van der Waals surface area contributed by atoms with Gasteiger partial charge in [0.2, 0.25) is 5.75 Å². The first-order chi connectivity index (χ1) is 10.2. The molecule has 0 amide bonds. The van der Waals surface area contributed by atoms with Crippen molar-refractivity contribution >= 4 is 12.0 Å². The normalized spacial score (nSPS) is 10.0. The first-order valence-corrected chi connectivity index (χ1v) is 6.26. The summed E-state index contributed by atoms with van der Waals surface area (Å²) in [5, 5.41) is 8.60. The van der Waals surface area contributed by atoms with E-state index in [4.69, 9.17) is 24.2 Å². The average Bonchev–Trinajstić information content (AvgIpc) is 2.50. The summed E-state index contributed by atoms with van der Waals surface area (Å²) in [5.74, 6) is 0.756. The molecular weight excluding hydrogens is 274 g/mol. The molecule has 0 N–H and O–H groups in total. The molecular formula is C15H17NO5. The summed E-state index contributed by atoms with van der Waals surface area (Å²) in [7, 11) is 2.97. The number of ether oxygens (including phenoxy) is 4. The van der Waals surface area contributed by atoms with E-state index in [2.05, 4.69) is 0 Å². The van der Waals surface area contributed by atoms with Crippen molar-refractivity contribution in [2.45, 2.75) is 6.92 Å². The fraction of sp³-hybridized carbons (Fsp3) is 0.333. The van der Waals surface area contributed by atoms with E-state index >= 15 is 0 Å². The van der Waals surface area contributed by atoms with Gasteiger partial charge in [-0.3, -0.25) is 0 Å². The molecule has 0 aliphatic rings. The Hall–Kier alpha value is -2.68. The number of nitrogens with zero attached hydrogens (tertiary/aromatic N) is 1. The Morgan fingerprint density at radius 2 is 2.00 bits per heavy atom. The highest BCUT2D eigenvalue weighted by Gasteiger charge is 2.13. The van der Waals surface area contributed by atoms with Gasteiger partial charge in [0.05, 0.1) is 20.8 Å². The second-order valence-corrected chi connectivity index (χ2v) is 3.79. The highest BCUT2D eigenvalue weighted by atomic mass is 16.5. The van der Waals surface area contributed by atoms with Crippen molar-refractivity contribution in [2.75, 3.05) is 27.4 Å². The summed E-state index contributed by atoms with van der Waals surface area (Å²) in [6.45, 7) is 1.92. The SMILES string of the molecule is CCOC(=O)/C=C/c1cc(OC)c(OC)c(OCC#N)c1. The zero-order valence-corrected chi connectivity index (χ0v) is 12.2. The standard InChI is InChI=1S/C15H17NO5/c1-4-20-14(17)6-5-11-9-12(18-2)15(19-3)13(10-11)21-8-7-16/h5-6,9-10H,4,8H2,1-3H3/b6-5+. The monoisotopic (exact) mass is 291 g/mol. The van der Waals surface area contributed by atoms with E-state index in [9.17, 15) is 4.79 Å². The molecule has 6 heteroatoms. The van der Waals surface area contributed by atoms with Crippen molar-refractivity contribution in [3.63, 3.8) is 0 Å². The molecule has 0 unspecified atom stereocenters. The molecule has 0 saturated heterocycles. The summed E-state index contributed by atoms with van der Waals surface area (Å²) in [6, 6.07) is 5.22. The number of nitriles is 1. The molecule has 1 aromatic carbocycles. The minimum absolute atomic E-state index is 0.120. The molecule has 0 atom stereocenters. The number of esters is 1. The van der Waals surface area contributed by atoms with E-state index in [0.29, 0.717) is 29.4 Å². The molecule has 0 aliphatic heterocycles. The van der Waals surface area contributed by atoms with Gasteiger partial charge in [0.25, 0.3) is 0 Å². The number of carbonyl (C=O) groups excluding carboxylic acids is 1. The Balaban J connectivity index is 3.10. The quantitative estimate of drug-likeness (QED) is 0.566. The summed E-state index contributed by atoms with van der Waals surface area (Å²) in [4.78, 5) is 11.3. The predicted molar refractivity (Wildman–Crippen MR) is 76.3 cm³/mol. The number of rotatable bonds is 7. The molecule has 21 heavy (non-hydrogen) atoms. The van der Waals surface area contributed by atoms with Gasteiger partial charge in [-0.05, 0) is 30.7 Å². The lowest BCUT2D eigenvalue weighted by molar-refractivity contribution is -0.137. The van der Waals surface area contributed by atoms with Gasteiger partial charge in [-0.1, -0.05) is 0 Å². The summed E-state index contributed by atoms with van der Waals surface area (Å²) >= 11 is 0. The van der Waals surface area contributed by atoms with Crippen molar-refractivity contribution in [3.05, 3.63) is 23.8 Å². The number of methoxy groups -OCH3 is 2. The molecule has 112 valence electrons. The molecule has 0 spiro atoms. The molecule has 0 bridgehead atoms. The van der Waals surface area contributed by atoms with Crippen LogP contribution in [0.4, 0.5) is 0 Å². The number of hydrogen-bond acceptors (Lipinski definition) is 6. The van der Waals surface area contributed by atoms with Crippen LogP contribution in [0.2, 0.25) is 0 Å². The Bertz CT molecular complexity index is 560. The van der Waals surface area contributed by atoms with Gasteiger partial charge >= 0.3 is 5.97 Å². The Kier molecular flexibility index (Phi) is 6.61. The number of carbonyl (C=O) groups is 1. The molecule has 0 saturated carbocycles. The maximum absolute atomic E-state index is 11.3. The number of benzene rings is 1. The molecule has 0 aliphatic carbocycles. The summed E-state index contributed by atoms with van der Waals surface area (Å²) in [5.41, 5.74) is 0.661. The van der Waals surface area contributed by atoms with Crippen LogP contribution in [-0.4, -0.2) is 33.4 Å². The van der Waals surface area contributed by atoms with Crippen LogP contribution in [0.1, 0.15) is 12.5 Å². The van der Waals surface area contributed by atoms with E-state index in [1.807, 2.05) is 6.07 Å². The van der Waals surface area contributed by atoms with Crippen LogP contribution >= 0.6 is 0 Å². The molecule has 0 aromatic heterocycles. The van der Waals surface area contributed by atoms with E-state index in [1.54, 1.807) is 25.1 Å². The largest absolute Gasteiger partial charge is 0.493 e. The van der Waals surface area contributed by atoms with E-state index in [0.717, 1.165) is 0 Å². The Labute approximate surface area is 123 Å². The predicted octanol–water partition coefficient (Wildman–Crippen LogP) is 2.18. The molecule has 1 rings (SSSR count). The Morgan fingerprint density at radius 1 is 1.29 bits per heavy atom. The highest BCUT2D eigenvalue weighted by molar-refractivity contribution is 5.87. The third kappa shape index (κ3) is 4.73. The van der Waals surface area contributed by atoms with Crippen LogP contribution < -0.4 is 14.2 Å². The summed E-state index contributed by atoms with van der Waals surface area (Å²) < 4.78 is 20.5. The van der Waals surface area contributed by atoms with Crippen LogP contribution in [-0.2, 0) is 9.53 Å². The van der Waals surface area contributed by atoms with Gasteiger partial charge in [0, 0.05) is 6.08 Å². The van der Waals surface area contributed by atoms with Crippen molar-refractivity contribution in [1.82, 2.24) is 0 Å². The minimum Gasteiger partial charge on any atom is -0.493 e. The van der Waals surface area contributed by atoms with Crippen molar-refractivity contribution < 1.29 is 23.7 Å². The van der Waals surface area contributed by atoms with Crippen molar-refractivity contribution in [2.24, 2.45) is 0 Å². The van der Waals surface area contributed by atoms with Crippen LogP contribution in [0.5, 0.6) is 17.2 Å². The molecule has 0 fully saturated rings. The van der Waals surface area contributed by atoms with Crippen LogP contribution in [0.3, 0.4) is 0 Å². The van der Waals surface area contributed by atoms with E-state index < -0.39 is 5.97 Å². The summed E-state index contributed by atoms with van der Waals surface area (Å²) in [6.07, 6.45) is 2.87. The minimum atomic E-state index is -0.438. The third-order valence-corrected chi connectivity index (χ3v) is 2.46. The van der Waals surface area contributed by atoms with Crippen LogP contribution in [0.15, 0.2) is 18.2 Å². The lowest BCUT2D eigenvalue weighted by Gasteiger charge is -2.13. The fourth-order valence-corrected chi connectivity index (χ4v) is 1.62. The Morgan fingerprint density at radius 3 is 2.57 bits per heavy atom. The average molecular weight is 291 g/mol. The van der Waals surface area contributed by atoms with Gasteiger partial charge in [0.1, 0.15) is 6.07 Å².